The van der Waals surface area contributed by atoms with Crippen molar-refractivity contribution in [2.45, 2.75) is 6.61 Å². The number of nitrogens with zero attached hydrogens (tertiary/aromatic N) is 4. The highest BCUT2D eigenvalue weighted by Crippen LogP contribution is 2.38. The van der Waals surface area contributed by atoms with E-state index in [1.807, 2.05) is 91.0 Å². The van der Waals surface area contributed by atoms with Crippen molar-refractivity contribution in [1.29, 1.82) is 0 Å². The summed E-state index contributed by atoms with van der Waals surface area (Å²) in [6.07, 6.45) is 16.5. The minimum atomic E-state index is -0.107. The Morgan fingerprint density at radius 1 is 0.340 bits per heavy atom. The van der Waals surface area contributed by atoms with Crippen molar-refractivity contribution in [2.75, 3.05) is 0 Å². The third kappa shape index (κ3) is 5.17. The van der Waals surface area contributed by atoms with Gasteiger partial charge in [0.15, 0.2) is 0 Å². The Morgan fingerprint density at radius 3 is 1.04 bits per heavy atom. The third-order valence-electron chi connectivity index (χ3n) is 9.25. The van der Waals surface area contributed by atoms with Crippen molar-refractivity contribution in [3.8, 4) is 0 Å². The maximum absolute atomic E-state index is 10.4. The Hall–Kier alpha value is -6.56. The highest BCUT2D eigenvalue weighted by Gasteiger charge is 2.28. The molecule has 0 unspecified atom stereocenters. The summed E-state index contributed by atoms with van der Waals surface area (Å²) in [4.78, 5) is 21.2. The Bertz CT molecular complexity index is 2420. The number of fused-ring (bicyclic) bond motifs is 4. The van der Waals surface area contributed by atoms with Crippen molar-refractivity contribution in [1.82, 2.24) is 0 Å². The lowest BCUT2D eigenvalue weighted by Gasteiger charge is -2.14. The predicted molar refractivity (Wildman–Crippen MR) is 206 cm³/mol. The largest absolute Gasteiger partial charge is 0.392 e. The van der Waals surface area contributed by atoms with E-state index in [2.05, 4.69) is 72.9 Å². The van der Waals surface area contributed by atoms with Gasteiger partial charge in [-0.05, 0) is 76.4 Å². The Morgan fingerprint density at radius 2 is 0.660 bits per heavy atom. The molecule has 5 aliphatic heterocycles. The maximum Gasteiger partial charge on any atom is 0.0738 e. The van der Waals surface area contributed by atoms with E-state index >= 15 is 0 Å². The first kappa shape index (κ1) is 29.6. The number of hydrogen-bond acceptors (Lipinski definition) is 5. The molecule has 0 aromatic heterocycles. The first-order valence-corrected chi connectivity index (χ1v) is 16.7. The second-order valence-corrected chi connectivity index (χ2v) is 12.3. The van der Waals surface area contributed by atoms with Gasteiger partial charge in [0.05, 0.1) is 52.2 Å². The Balaban J connectivity index is 1.38. The lowest BCUT2D eigenvalue weighted by atomic mass is 9.94. The summed E-state index contributed by atoms with van der Waals surface area (Å²) in [7, 11) is 0. The molecule has 0 aliphatic carbocycles. The standard InChI is InChI=1S/C45H30N4O/c50-28-32-18-10-11-19-33(32)45-40-26-24-38(48-40)43(30-14-6-2-7-15-30)36-22-20-34(46-36)42(29-12-4-1-5-13-29)35-21-23-37(47-35)44(31-16-8-3-9-17-31)39-25-27-41(45)49-39/h1-27,50H,28H2. The zero-order chi connectivity index (χ0) is 33.4. The van der Waals surface area contributed by atoms with Crippen molar-refractivity contribution in [2.24, 2.45) is 20.0 Å². The number of allylic oxidation sites excluding steroid dienone is 12. The smallest absolute Gasteiger partial charge is 0.0738 e. The number of aliphatic hydroxyl groups excluding tert-OH is 1. The van der Waals surface area contributed by atoms with Gasteiger partial charge in [-0.2, -0.15) is 0 Å². The molecule has 4 aromatic carbocycles. The molecule has 5 heterocycles. The molecule has 0 fully saturated rings. The van der Waals surface area contributed by atoms with Crippen LogP contribution in [0.25, 0.3) is 22.3 Å². The SMILES string of the molecule is OCc1ccccc1C1=C2C=CC(=N2)C(c2ccccc2)=C2C=CC(=N2)C(c2ccccc2)=C2C=CC(=N2)C(c2ccccc2)=C2C=CC1=N2. The topological polar surface area (TPSA) is 69.7 Å². The third-order valence-corrected chi connectivity index (χ3v) is 9.25. The monoisotopic (exact) mass is 642 g/mol. The molecule has 0 radical (unpaired) electrons. The van der Waals surface area contributed by atoms with E-state index < -0.39 is 0 Å². The normalized spacial score (nSPS) is 17.6. The van der Waals surface area contributed by atoms with Gasteiger partial charge in [-0.1, -0.05) is 115 Å². The van der Waals surface area contributed by atoms with Crippen molar-refractivity contribution in [3.63, 3.8) is 0 Å². The first-order valence-electron chi connectivity index (χ1n) is 16.7. The highest BCUT2D eigenvalue weighted by molar-refractivity contribution is 6.39. The molecule has 0 spiro atoms. The average Bonchev–Trinajstić information content (AvgIpc) is 4.01. The lowest BCUT2D eigenvalue weighted by molar-refractivity contribution is 0.281. The van der Waals surface area contributed by atoms with Crippen LogP contribution in [-0.4, -0.2) is 28.0 Å². The molecule has 5 nitrogen and oxygen atoms in total. The van der Waals surface area contributed by atoms with Gasteiger partial charge in [0.2, 0.25) is 0 Å². The fraction of sp³-hybridized carbons (Fsp3) is 0.0222. The summed E-state index contributed by atoms with van der Waals surface area (Å²) in [5, 5.41) is 10.4. The van der Waals surface area contributed by atoms with Crippen LogP contribution in [-0.2, 0) is 6.61 Å². The minimum absolute atomic E-state index is 0.107. The summed E-state index contributed by atoms with van der Waals surface area (Å²) in [6, 6.07) is 38.8. The van der Waals surface area contributed by atoms with Gasteiger partial charge >= 0.3 is 0 Å². The molecule has 4 aromatic rings. The lowest BCUT2D eigenvalue weighted by Crippen LogP contribution is -2.05. The predicted octanol–water partition coefficient (Wildman–Crippen LogP) is 9.18. The van der Waals surface area contributed by atoms with E-state index in [1.54, 1.807) is 0 Å². The van der Waals surface area contributed by atoms with Crippen molar-refractivity contribution < 1.29 is 5.11 Å². The molecule has 8 bridgehead atoms. The quantitative estimate of drug-likeness (QED) is 0.232. The van der Waals surface area contributed by atoms with E-state index in [4.69, 9.17) is 20.0 Å². The molecule has 9 rings (SSSR count). The van der Waals surface area contributed by atoms with Gasteiger partial charge in [0.1, 0.15) is 0 Å². The van der Waals surface area contributed by atoms with Crippen LogP contribution in [0.2, 0.25) is 0 Å². The Labute approximate surface area is 290 Å². The zero-order valence-electron chi connectivity index (χ0n) is 27.0. The number of rotatable bonds is 5. The number of benzene rings is 4. The van der Waals surface area contributed by atoms with Crippen molar-refractivity contribution >= 4 is 45.1 Å². The van der Waals surface area contributed by atoms with Gasteiger partial charge in [0.25, 0.3) is 0 Å². The number of aliphatic imine (C=N–C) groups is 4. The highest BCUT2D eigenvalue weighted by atomic mass is 16.3. The molecule has 0 amide bonds. The molecular weight excluding hydrogens is 613 g/mol. The van der Waals surface area contributed by atoms with Crippen LogP contribution in [0.5, 0.6) is 0 Å². The van der Waals surface area contributed by atoms with Crippen LogP contribution in [0.15, 0.2) is 207 Å². The van der Waals surface area contributed by atoms with Gasteiger partial charge in [-0.25, -0.2) is 20.0 Å². The molecule has 5 aliphatic rings. The maximum atomic E-state index is 10.4. The van der Waals surface area contributed by atoms with Gasteiger partial charge in [0, 0.05) is 22.3 Å². The first-order chi connectivity index (χ1) is 24.7. The van der Waals surface area contributed by atoms with Gasteiger partial charge in [-0.3, -0.25) is 0 Å². The van der Waals surface area contributed by atoms with E-state index in [-0.39, 0.29) is 6.61 Å². The van der Waals surface area contributed by atoms with E-state index in [9.17, 15) is 5.11 Å². The molecule has 0 saturated heterocycles. The van der Waals surface area contributed by atoms with Crippen LogP contribution >= 0.6 is 0 Å². The molecule has 1 N–H and O–H groups in total. The van der Waals surface area contributed by atoms with Gasteiger partial charge < -0.3 is 5.11 Å². The average molecular weight is 643 g/mol. The summed E-state index contributed by atoms with van der Waals surface area (Å²) in [5.74, 6) is 0. The zero-order valence-corrected chi connectivity index (χ0v) is 27.0. The fourth-order valence-corrected chi connectivity index (χ4v) is 6.97. The van der Waals surface area contributed by atoms with E-state index in [1.165, 1.54) is 0 Å². The summed E-state index contributed by atoms with van der Waals surface area (Å²) in [5.41, 5.74) is 14.9. The fourth-order valence-electron chi connectivity index (χ4n) is 6.97. The van der Waals surface area contributed by atoms with Crippen LogP contribution in [0, 0.1) is 0 Å². The van der Waals surface area contributed by atoms with Gasteiger partial charge in [-0.15, -0.1) is 0 Å². The summed E-state index contributed by atoms with van der Waals surface area (Å²) in [6.45, 7) is -0.107. The van der Waals surface area contributed by atoms with Crippen molar-refractivity contribution in [3.05, 3.63) is 214 Å². The molecular formula is C45H30N4O. The number of hydrogen-bond donors (Lipinski definition) is 1. The van der Waals surface area contributed by atoms with Crippen LogP contribution in [0.1, 0.15) is 27.8 Å². The summed E-state index contributed by atoms with van der Waals surface area (Å²) >= 11 is 0. The van der Waals surface area contributed by atoms with Crippen LogP contribution < -0.4 is 0 Å². The van der Waals surface area contributed by atoms with Crippen LogP contribution in [0.4, 0.5) is 0 Å². The molecule has 236 valence electrons. The molecule has 0 saturated carbocycles. The molecule has 0 atom stereocenters. The molecule has 50 heavy (non-hydrogen) atoms. The second kappa shape index (κ2) is 12.5. The number of aliphatic hydroxyl groups is 1. The van der Waals surface area contributed by atoms with E-state index in [0.717, 1.165) is 95.7 Å². The minimum Gasteiger partial charge on any atom is -0.392 e. The second-order valence-electron chi connectivity index (χ2n) is 12.3. The Kier molecular flexibility index (Phi) is 7.38. The summed E-state index contributed by atoms with van der Waals surface area (Å²) < 4.78 is 0. The van der Waals surface area contributed by atoms with E-state index in [0.29, 0.717) is 0 Å². The molecule has 5 heteroatoms. The van der Waals surface area contributed by atoms with Crippen LogP contribution in [0.3, 0.4) is 0 Å².